The molecule has 0 aromatic rings. The highest BCUT2D eigenvalue weighted by Crippen LogP contribution is 2.43. The first kappa shape index (κ1) is 45.9. The average Bonchev–Trinajstić information content (AvgIpc) is 3.02. The van der Waals surface area contributed by atoms with Gasteiger partial charge in [0.15, 0.2) is 0 Å². The van der Waals surface area contributed by atoms with Gasteiger partial charge in [0.2, 0.25) is 5.91 Å². The van der Waals surface area contributed by atoms with Crippen LogP contribution in [0.4, 0.5) is 0 Å². The quantitative estimate of drug-likeness (QED) is 0.0289. The first-order chi connectivity index (χ1) is 23.0. The van der Waals surface area contributed by atoms with Crippen LogP contribution in [-0.4, -0.2) is 73.4 Å². The molecule has 9 heteroatoms. The van der Waals surface area contributed by atoms with E-state index in [1.165, 1.54) is 0 Å². The lowest BCUT2D eigenvalue weighted by Crippen LogP contribution is -2.46. The average molecular weight is 694 g/mol. The van der Waals surface area contributed by atoms with Gasteiger partial charge in [-0.2, -0.15) is 0 Å². The van der Waals surface area contributed by atoms with Crippen molar-refractivity contribution in [3.8, 4) is 0 Å². The molecule has 0 aromatic heterocycles. The number of allylic oxidation sites excluding steroid dienone is 12. The second-order valence-corrected chi connectivity index (χ2v) is 14.7. The van der Waals surface area contributed by atoms with Crippen LogP contribution in [0.2, 0.25) is 0 Å². The summed E-state index contributed by atoms with van der Waals surface area (Å²) in [5.41, 5.74) is 0. The van der Waals surface area contributed by atoms with Crippen LogP contribution in [0.3, 0.4) is 0 Å². The Labute approximate surface area is 294 Å². The highest BCUT2D eigenvalue weighted by atomic mass is 31.2. The number of aliphatic hydroxyl groups is 1. The Morgan fingerprint density at radius 1 is 0.729 bits per heavy atom. The van der Waals surface area contributed by atoms with Gasteiger partial charge in [-0.15, -0.1) is 0 Å². The van der Waals surface area contributed by atoms with E-state index in [2.05, 4.69) is 92.1 Å². The van der Waals surface area contributed by atoms with Gasteiger partial charge >= 0.3 is 7.82 Å². The predicted octanol–water partition coefficient (Wildman–Crippen LogP) is 9.29. The van der Waals surface area contributed by atoms with Crippen molar-refractivity contribution in [2.75, 3.05) is 40.9 Å². The molecule has 0 radical (unpaired) electrons. The zero-order valence-corrected chi connectivity index (χ0v) is 31.8. The summed E-state index contributed by atoms with van der Waals surface area (Å²) in [6, 6.07) is -0.773. The molecule has 8 nitrogen and oxygen atoms in total. The predicted molar refractivity (Wildman–Crippen MR) is 203 cm³/mol. The number of carbonyl (C=O) groups excluding carboxylic acids is 1. The van der Waals surface area contributed by atoms with Crippen molar-refractivity contribution in [2.45, 2.75) is 129 Å². The summed E-state index contributed by atoms with van der Waals surface area (Å²) in [4.78, 5) is 22.7. The molecule has 0 saturated carbocycles. The third-order valence-electron chi connectivity index (χ3n) is 7.47. The maximum absolute atomic E-state index is 12.6. The number of rotatable bonds is 31. The van der Waals surface area contributed by atoms with Gasteiger partial charge < -0.3 is 19.8 Å². The highest BCUT2D eigenvalue weighted by molar-refractivity contribution is 7.47. The molecule has 48 heavy (non-hydrogen) atoms. The standard InChI is InChI=1S/C39H69N2O6P/c1-6-8-10-11-12-13-14-15-16-17-18-19-20-21-22-23-24-25-26-27-28-29-31-33-39(43)40-37(38(42)32-30-9-7-2)36-47-48(44,45)46-35-34-41(3,4)5/h8,10,12-13,15-16,18-19,21-22,24-25,37-38,42H,6-7,9,11,14,17,20,23,26-36H2,1-5H3,(H-,40,43,44,45)/p+1/b10-8-,13-12-,16-15-,19-18-,22-21-,25-24-. The van der Waals surface area contributed by atoms with E-state index in [0.717, 1.165) is 89.9 Å². The SMILES string of the molecule is CC/C=C\C/C=C\C/C=C\C/C=C\C/C=C\C/C=C\CCCCCCC(=O)NC(COP(=O)(O)OCC[N+](C)(C)C)C(O)CCCCC. The number of quaternary nitrogens is 1. The number of amides is 1. The minimum atomic E-state index is -4.30. The van der Waals surface area contributed by atoms with Crippen LogP contribution in [-0.2, 0) is 18.4 Å². The van der Waals surface area contributed by atoms with E-state index < -0.39 is 20.0 Å². The molecule has 0 rings (SSSR count). The third-order valence-corrected chi connectivity index (χ3v) is 8.45. The Bertz CT molecular complexity index is 1010. The molecule has 0 heterocycles. The number of nitrogens with one attached hydrogen (secondary N) is 1. The van der Waals surface area contributed by atoms with Crippen LogP contribution in [0, 0.1) is 0 Å². The fourth-order valence-corrected chi connectivity index (χ4v) is 5.25. The lowest BCUT2D eigenvalue weighted by Gasteiger charge is -2.26. The summed E-state index contributed by atoms with van der Waals surface area (Å²) < 4.78 is 23.2. The van der Waals surface area contributed by atoms with Crippen molar-refractivity contribution in [3.05, 3.63) is 72.9 Å². The number of phosphoric ester groups is 1. The summed E-state index contributed by atoms with van der Waals surface area (Å²) in [7, 11) is 1.57. The van der Waals surface area contributed by atoms with Crippen LogP contribution in [0.1, 0.15) is 117 Å². The molecular weight excluding hydrogens is 623 g/mol. The Balaban J connectivity index is 4.17. The topological polar surface area (TPSA) is 105 Å². The molecule has 3 unspecified atom stereocenters. The van der Waals surface area contributed by atoms with Gasteiger partial charge in [-0.3, -0.25) is 13.8 Å². The van der Waals surface area contributed by atoms with E-state index in [9.17, 15) is 19.4 Å². The lowest BCUT2D eigenvalue weighted by atomic mass is 10.0. The fourth-order valence-electron chi connectivity index (χ4n) is 4.52. The maximum atomic E-state index is 12.6. The van der Waals surface area contributed by atoms with Gasteiger partial charge in [0.25, 0.3) is 0 Å². The number of hydrogen-bond acceptors (Lipinski definition) is 5. The van der Waals surface area contributed by atoms with Crippen molar-refractivity contribution in [1.29, 1.82) is 0 Å². The van der Waals surface area contributed by atoms with Crippen LogP contribution < -0.4 is 5.32 Å². The molecule has 0 aliphatic carbocycles. The lowest BCUT2D eigenvalue weighted by molar-refractivity contribution is -0.870. The van der Waals surface area contributed by atoms with Crippen molar-refractivity contribution < 1.29 is 32.9 Å². The van der Waals surface area contributed by atoms with Gasteiger partial charge in [0.05, 0.1) is 39.9 Å². The highest BCUT2D eigenvalue weighted by Gasteiger charge is 2.28. The molecule has 1 amide bonds. The Morgan fingerprint density at radius 2 is 1.25 bits per heavy atom. The monoisotopic (exact) mass is 693 g/mol. The Hall–Kier alpha value is -2.06. The number of carbonyl (C=O) groups is 1. The van der Waals surface area contributed by atoms with Crippen molar-refractivity contribution in [1.82, 2.24) is 5.32 Å². The molecule has 3 N–H and O–H groups in total. The zero-order valence-electron chi connectivity index (χ0n) is 30.9. The van der Waals surface area contributed by atoms with Crippen molar-refractivity contribution in [3.63, 3.8) is 0 Å². The number of aliphatic hydroxyl groups excluding tert-OH is 1. The van der Waals surface area contributed by atoms with E-state index in [-0.39, 0.29) is 19.1 Å². The first-order valence-corrected chi connectivity index (χ1v) is 19.8. The van der Waals surface area contributed by atoms with Gasteiger partial charge in [0.1, 0.15) is 13.2 Å². The number of nitrogens with zero attached hydrogens (tertiary/aromatic N) is 1. The molecule has 276 valence electrons. The van der Waals surface area contributed by atoms with E-state index >= 15 is 0 Å². The summed E-state index contributed by atoms with van der Waals surface area (Å²) >= 11 is 0. The van der Waals surface area contributed by atoms with Crippen LogP contribution in [0.15, 0.2) is 72.9 Å². The molecular formula is C39H70N2O6P+. The second-order valence-electron chi connectivity index (χ2n) is 13.2. The van der Waals surface area contributed by atoms with Crippen LogP contribution >= 0.6 is 7.82 Å². The molecule has 0 aliphatic rings. The van der Waals surface area contributed by atoms with Crippen molar-refractivity contribution >= 4 is 13.7 Å². The minimum Gasteiger partial charge on any atom is -0.391 e. The van der Waals surface area contributed by atoms with E-state index in [4.69, 9.17) is 9.05 Å². The largest absolute Gasteiger partial charge is 0.472 e. The van der Waals surface area contributed by atoms with Gasteiger partial charge in [-0.05, 0) is 64.2 Å². The Morgan fingerprint density at radius 3 is 1.77 bits per heavy atom. The summed E-state index contributed by atoms with van der Waals surface area (Å²) in [6.07, 6.45) is 40.0. The summed E-state index contributed by atoms with van der Waals surface area (Å²) in [6.45, 7) is 4.54. The zero-order chi connectivity index (χ0) is 35.8. The van der Waals surface area contributed by atoms with Crippen LogP contribution in [0.5, 0.6) is 0 Å². The second kappa shape index (κ2) is 31.0. The van der Waals surface area contributed by atoms with Gasteiger partial charge in [-0.25, -0.2) is 4.57 Å². The molecule has 0 saturated heterocycles. The molecule has 3 atom stereocenters. The minimum absolute atomic E-state index is 0.0629. The molecule has 0 fully saturated rings. The summed E-state index contributed by atoms with van der Waals surface area (Å²) in [5.74, 6) is -0.186. The maximum Gasteiger partial charge on any atom is 0.472 e. The number of hydrogen-bond donors (Lipinski definition) is 3. The first-order valence-electron chi connectivity index (χ1n) is 18.3. The third kappa shape index (κ3) is 32.5. The smallest absolute Gasteiger partial charge is 0.391 e. The molecule has 0 spiro atoms. The molecule has 0 aliphatic heterocycles. The van der Waals surface area contributed by atoms with Crippen LogP contribution in [0.25, 0.3) is 0 Å². The van der Waals surface area contributed by atoms with Gasteiger partial charge in [-0.1, -0.05) is 119 Å². The van der Waals surface area contributed by atoms with Crippen molar-refractivity contribution in [2.24, 2.45) is 0 Å². The normalized spacial score (nSPS) is 15.6. The summed E-state index contributed by atoms with van der Waals surface area (Å²) in [5, 5.41) is 13.5. The van der Waals surface area contributed by atoms with E-state index in [1.807, 2.05) is 21.1 Å². The van der Waals surface area contributed by atoms with E-state index in [1.54, 1.807) is 0 Å². The molecule has 0 aromatic carbocycles. The number of unbranched alkanes of at least 4 members (excludes halogenated alkanes) is 6. The van der Waals surface area contributed by atoms with E-state index in [0.29, 0.717) is 23.9 Å². The van der Waals surface area contributed by atoms with Gasteiger partial charge in [0, 0.05) is 6.42 Å². The number of likely N-dealkylation sites (N-methyl/N-ethyl adjacent to an activating group) is 1. The number of phosphoric acid groups is 1. The Kier molecular flexibility index (Phi) is 29.6. The fraction of sp³-hybridized carbons (Fsp3) is 0.667. The molecule has 0 bridgehead atoms.